The second-order valence-electron chi connectivity index (χ2n) is 7.45. The topological polar surface area (TPSA) is 73.4 Å². The minimum Gasteiger partial charge on any atom is -0.392 e. The highest BCUT2D eigenvalue weighted by molar-refractivity contribution is 5.73. The minimum atomic E-state index is -0.328. The van der Waals surface area contributed by atoms with Gasteiger partial charge in [0.05, 0.1) is 6.10 Å². The third-order valence-corrected chi connectivity index (χ3v) is 4.77. The van der Waals surface area contributed by atoms with Crippen molar-refractivity contribution in [3.8, 4) is 0 Å². The van der Waals surface area contributed by atoms with Gasteiger partial charge in [0.2, 0.25) is 0 Å². The van der Waals surface area contributed by atoms with Gasteiger partial charge in [-0.2, -0.15) is 0 Å². The van der Waals surface area contributed by atoms with Crippen LogP contribution in [0.5, 0.6) is 0 Å². The Labute approximate surface area is 145 Å². The van der Waals surface area contributed by atoms with Gasteiger partial charge in [0.15, 0.2) is 0 Å². The van der Waals surface area contributed by atoms with Crippen molar-refractivity contribution < 1.29 is 9.90 Å². The van der Waals surface area contributed by atoms with Gasteiger partial charge in [-0.15, -0.1) is 0 Å². The second kappa shape index (κ2) is 8.38. The van der Waals surface area contributed by atoms with Crippen LogP contribution in [0.2, 0.25) is 0 Å². The van der Waals surface area contributed by atoms with E-state index in [1.807, 2.05) is 24.3 Å². The van der Waals surface area contributed by atoms with E-state index < -0.39 is 0 Å². The Morgan fingerprint density at radius 2 is 2.12 bits per heavy atom. The molecule has 1 aliphatic carbocycles. The van der Waals surface area contributed by atoms with E-state index in [4.69, 9.17) is 0 Å². The van der Waals surface area contributed by atoms with E-state index in [-0.39, 0.29) is 17.6 Å². The third kappa shape index (κ3) is 5.41. The maximum absolute atomic E-state index is 12.1. The molecule has 0 heterocycles. The van der Waals surface area contributed by atoms with Crippen molar-refractivity contribution in [2.24, 2.45) is 5.41 Å². The lowest BCUT2D eigenvalue weighted by Crippen LogP contribution is -2.47. The number of aliphatic hydroxyl groups excluding tert-OH is 1. The standard InChI is InChI=1S/C19H31N3O2/c1-14(2)22-16-8-6-7-15(11-16)12-20-18(24)21-13-19(3)10-5-4-9-17(19)23/h6-8,11,14,17,22-23H,4-5,9-10,12-13H2,1-3H3,(H2,20,21,24). The number of urea groups is 1. The predicted molar refractivity (Wildman–Crippen MR) is 98.0 cm³/mol. The van der Waals surface area contributed by atoms with Gasteiger partial charge in [-0.3, -0.25) is 0 Å². The molecular formula is C19H31N3O2. The molecule has 4 N–H and O–H groups in total. The summed E-state index contributed by atoms with van der Waals surface area (Å²) in [4.78, 5) is 12.1. The van der Waals surface area contributed by atoms with Crippen molar-refractivity contribution in [1.29, 1.82) is 0 Å². The molecule has 5 heteroatoms. The van der Waals surface area contributed by atoms with Gasteiger partial charge < -0.3 is 21.1 Å². The second-order valence-corrected chi connectivity index (χ2v) is 7.45. The summed E-state index contributed by atoms with van der Waals surface area (Å²) in [6.45, 7) is 7.24. The van der Waals surface area contributed by atoms with Crippen LogP contribution in [0.4, 0.5) is 10.5 Å². The van der Waals surface area contributed by atoms with Crippen LogP contribution in [0, 0.1) is 5.41 Å². The first-order valence-corrected chi connectivity index (χ1v) is 8.94. The van der Waals surface area contributed by atoms with E-state index in [9.17, 15) is 9.90 Å². The molecule has 0 saturated heterocycles. The molecule has 5 nitrogen and oxygen atoms in total. The molecule has 1 aromatic rings. The van der Waals surface area contributed by atoms with Crippen LogP contribution in [-0.2, 0) is 6.54 Å². The van der Waals surface area contributed by atoms with E-state index >= 15 is 0 Å². The maximum Gasteiger partial charge on any atom is 0.315 e. The first kappa shape index (κ1) is 18.6. The lowest BCUT2D eigenvalue weighted by molar-refractivity contribution is 0.00309. The molecule has 2 rings (SSSR count). The highest BCUT2D eigenvalue weighted by atomic mass is 16.3. The fourth-order valence-corrected chi connectivity index (χ4v) is 3.22. The van der Waals surface area contributed by atoms with Crippen molar-refractivity contribution in [3.05, 3.63) is 29.8 Å². The molecular weight excluding hydrogens is 302 g/mol. The summed E-state index contributed by atoms with van der Waals surface area (Å²) < 4.78 is 0. The first-order chi connectivity index (χ1) is 11.4. The molecule has 1 aliphatic rings. The van der Waals surface area contributed by atoms with E-state index in [2.05, 4.69) is 36.7 Å². The summed E-state index contributed by atoms with van der Waals surface area (Å²) in [6, 6.07) is 8.24. The van der Waals surface area contributed by atoms with Gasteiger partial charge in [0.25, 0.3) is 0 Å². The maximum atomic E-state index is 12.1. The number of carbonyl (C=O) groups excluding carboxylic acids is 1. The quantitative estimate of drug-likeness (QED) is 0.646. The van der Waals surface area contributed by atoms with Gasteiger partial charge >= 0.3 is 6.03 Å². The highest BCUT2D eigenvalue weighted by Crippen LogP contribution is 2.35. The Hall–Kier alpha value is -1.75. The Morgan fingerprint density at radius 1 is 1.33 bits per heavy atom. The third-order valence-electron chi connectivity index (χ3n) is 4.77. The van der Waals surface area contributed by atoms with Crippen molar-refractivity contribution in [3.63, 3.8) is 0 Å². The van der Waals surface area contributed by atoms with Gasteiger partial charge in [-0.1, -0.05) is 31.9 Å². The number of aliphatic hydroxyl groups is 1. The van der Waals surface area contributed by atoms with Crippen LogP contribution >= 0.6 is 0 Å². The van der Waals surface area contributed by atoms with Gasteiger partial charge in [0.1, 0.15) is 0 Å². The number of carbonyl (C=O) groups is 1. The molecule has 0 aliphatic heterocycles. The SMILES string of the molecule is CC(C)Nc1cccc(CNC(=O)NCC2(C)CCCCC2O)c1. The van der Waals surface area contributed by atoms with Crippen LogP contribution in [-0.4, -0.2) is 29.8 Å². The van der Waals surface area contributed by atoms with Crippen LogP contribution in [0.25, 0.3) is 0 Å². The number of amides is 2. The molecule has 2 amide bonds. The number of anilines is 1. The monoisotopic (exact) mass is 333 g/mol. The number of hydrogen-bond donors (Lipinski definition) is 4. The summed E-state index contributed by atoms with van der Waals surface area (Å²) >= 11 is 0. The van der Waals surface area contributed by atoms with Gasteiger partial charge in [-0.25, -0.2) is 4.79 Å². The zero-order valence-electron chi connectivity index (χ0n) is 15.1. The number of hydrogen-bond acceptors (Lipinski definition) is 3. The molecule has 24 heavy (non-hydrogen) atoms. The number of nitrogens with one attached hydrogen (secondary N) is 3. The number of rotatable bonds is 6. The molecule has 0 spiro atoms. The van der Waals surface area contributed by atoms with Crippen LogP contribution in [0.3, 0.4) is 0 Å². The zero-order valence-corrected chi connectivity index (χ0v) is 15.1. The van der Waals surface area contributed by atoms with Crippen LogP contribution in [0.1, 0.15) is 52.0 Å². The molecule has 0 aromatic heterocycles. The summed E-state index contributed by atoms with van der Waals surface area (Å²) in [6.07, 6.45) is 3.65. The van der Waals surface area contributed by atoms with Crippen molar-refractivity contribution in [2.45, 2.75) is 65.1 Å². The van der Waals surface area contributed by atoms with Crippen LogP contribution in [0.15, 0.2) is 24.3 Å². The molecule has 0 radical (unpaired) electrons. The zero-order chi connectivity index (χ0) is 17.6. The fourth-order valence-electron chi connectivity index (χ4n) is 3.22. The van der Waals surface area contributed by atoms with E-state index in [1.54, 1.807) is 0 Å². The Morgan fingerprint density at radius 3 is 2.83 bits per heavy atom. The van der Waals surface area contributed by atoms with E-state index in [0.717, 1.165) is 36.9 Å². The molecule has 0 bridgehead atoms. The molecule has 1 saturated carbocycles. The highest BCUT2D eigenvalue weighted by Gasteiger charge is 2.35. The Balaban J connectivity index is 1.79. The molecule has 1 fully saturated rings. The van der Waals surface area contributed by atoms with Gasteiger partial charge in [0, 0.05) is 30.2 Å². The Bertz CT molecular complexity index is 547. The average Bonchev–Trinajstić information content (AvgIpc) is 2.54. The molecule has 1 aromatic carbocycles. The summed E-state index contributed by atoms with van der Waals surface area (Å²) in [5, 5.41) is 19.3. The fraction of sp³-hybridized carbons (Fsp3) is 0.632. The summed E-state index contributed by atoms with van der Waals surface area (Å²) in [5.74, 6) is 0. The first-order valence-electron chi connectivity index (χ1n) is 8.94. The molecule has 134 valence electrons. The lowest BCUT2D eigenvalue weighted by Gasteiger charge is -2.38. The normalized spacial score (nSPS) is 23.8. The van der Waals surface area contributed by atoms with Crippen molar-refractivity contribution in [2.75, 3.05) is 11.9 Å². The van der Waals surface area contributed by atoms with Crippen molar-refractivity contribution in [1.82, 2.24) is 10.6 Å². The van der Waals surface area contributed by atoms with Crippen molar-refractivity contribution >= 4 is 11.7 Å². The predicted octanol–water partition coefficient (Wildman–Crippen LogP) is 3.25. The van der Waals surface area contributed by atoms with Gasteiger partial charge in [-0.05, 0) is 44.4 Å². The largest absolute Gasteiger partial charge is 0.392 e. The Kier molecular flexibility index (Phi) is 6.49. The molecule has 2 unspecified atom stereocenters. The smallest absolute Gasteiger partial charge is 0.315 e. The minimum absolute atomic E-state index is 0.184. The average molecular weight is 333 g/mol. The van der Waals surface area contributed by atoms with Crippen LogP contribution < -0.4 is 16.0 Å². The van der Waals surface area contributed by atoms with E-state index in [1.165, 1.54) is 0 Å². The molecule has 2 atom stereocenters. The summed E-state index contributed by atoms with van der Waals surface area (Å²) in [5.41, 5.74) is 1.90. The van der Waals surface area contributed by atoms with E-state index in [0.29, 0.717) is 19.1 Å². The number of benzene rings is 1. The lowest BCUT2D eigenvalue weighted by atomic mass is 9.73. The summed E-state index contributed by atoms with van der Waals surface area (Å²) in [7, 11) is 0.